The van der Waals surface area contributed by atoms with Gasteiger partial charge in [-0.2, -0.15) is 0 Å². The summed E-state index contributed by atoms with van der Waals surface area (Å²) in [7, 11) is 1.48. The second-order valence-electron chi connectivity index (χ2n) is 4.28. The molecule has 0 bridgehead atoms. The van der Waals surface area contributed by atoms with Crippen molar-refractivity contribution >= 4 is 5.91 Å². The van der Waals surface area contributed by atoms with Crippen LogP contribution < -0.4 is 15.7 Å². The van der Waals surface area contributed by atoms with Crippen LogP contribution in [0.5, 0.6) is 5.75 Å². The van der Waals surface area contributed by atoms with E-state index in [4.69, 9.17) is 9.15 Å². The number of methoxy groups -OCH3 is 1. The van der Waals surface area contributed by atoms with E-state index >= 15 is 0 Å². The van der Waals surface area contributed by atoms with E-state index in [0.717, 1.165) is 6.42 Å². The van der Waals surface area contributed by atoms with Gasteiger partial charge in [-0.05, 0) is 5.92 Å². The fourth-order valence-electron chi connectivity index (χ4n) is 1.69. The number of amides is 1. The Labute approximate surface area is 106 Å². The largest absolute Gasteiger partial charge is 0.496 e. The Morgan fingerprint density at radius 2 is 2.17 bits per heavy atom. The van der Waals surface area contributed by atoms with Crippen molar-refractivity contribution < 1.29 is 13.9 Å². The van der Waals surface area contributed by atoms with Crippen molar-refractivity contribution in [2.24, 2.45) is 5.92 Å². The summed E-state index contributed by atoms with van der Waals surface area (Å²) in [5.74, 6) is 0.846. The van der Waals surface area contributed by atoms with Crippen molar-refractivity contribution in [2.75, 3.05) is 7.11 Å². The summed E-state index contributed by atoms with van der Waals surface area (Å²) in [4.78, 5) is 22.6. The van der Waals surface area contributed by atoms with E-state index in [1.165, 1.54) is 20.1 Å². The smallest absolute Gasteiger partial charge is 0.339 e. The maximum atomic E-state index is 11.4. The summed E-state index contributed by atoms with van der Waals surface area (Å²) in [5.41, 5.74) is -0.483. The van der Waals surface area contributed by atoms with Gasteiger partial charge in [-0.1, -0.05) is 20.3 Å². The molecule has 0 aliphatic carbocycles. The minimum Gasteiger partial charge on any atom is -0.496 e. The molecule has 0 aromatic carbocycles. The molecule has 1 N–H and O–H groups in total. The van der Waals surface area contributed by atoms with Gasteiger partial charge in [0.1, 0.15) is 11.5 Å². The molecule has 0 fully saturated rings. The van der Waals surface area contributed by atoms with Crippen LogP contribution in [0.4, 0.5) is 0 Å². The van der Waals surface area contributed by atoms with Crippen molar-refractivity contribution in [2.45, 2.75) is 33.2 Å². The minimum absolute atomic E-state index is 0.157. The van der Waals surface area contributed by atoms with E-state index in [2.05, 4.69) is 5.32 Å². The van der Waals surface area contributed by atoms with Crippen LogP contribution in [0.2, 0.25) is 0 Å². The van der Waals surface area contributed by atoms with Crippen LogP contribution in [-0.4, -0.2) is 13.0 Å². The predicted molar refractivity (Wildman–Crippen MR) is 67.5 cm³/mol. The molecule has 0 unspecified atom stereocenters. The highest BCUT2D eigenvalue weighted by Crippen LogP contribution is 2.25. The molecule has 0 saturated carbocycles. The van der Waals surface area contributed by atoms with Gasteiger partial charge in [0.15, 0.2) is 0 Å². The molecule has 0 aliphatic heterocycles. The zero-order valence-corrected chi connectivity index (χ0v) is 11.1. The maximum absolute atomic E-state index is 11.4. The average Bonchev–Trinajstić information content (AvgIpc) is 2.33. The first-order valence-corrected chi connectivity index (χ1v) is 5.94. The first-order valence-electron chi connectivity index (χ1n) is 5.94. The highest BCUT2D eigenvalue weighted by Gasteiger charge is 2.22. The van der Waals surface area contributed by atoms with Crippen LogP contribution in [-0.2, 0) is 4.79 Å². The first-order chi connectivity index (χ1) is 8.47. The van der Waals surface area contributed by atoms with E-state index < -0.39 is 5.63 Å². The summed E-state index contributed by atoms with van der Waals surface area (Å²) in [5, 5.41) is 2.80. The zero-order valence-electron chi connectivity index (χ0n) is 11.1. The van der Waals surface area contributed by atoms with Crippen LogP contribution in [0.15, 0.2) is 21.3 Å². The molecule has 1 aromatic rings. The third-order valence-corrected chi connectivity index (χ3v) is 2.88. The summed E-state index contributed by atoms with van der Waals surface area (Å²) in [6, 6.07) is 2.58. The fourth-order valence-corrected chi connectivity index (χ4v) is 1.69. The van der Waals surface area contributed by atoms with Gasteiger partial charge in [0.25, 0.3) is 0 Å². The van der Waals surface area contributed by atoms with Gasteiger partial charge < -0.3 is 14.5 Å². The molecule has 1 amide bonds. The van der Waals surface area contributed by atoms with Gasteiger partial charge in [-0.3, -0.25) is 4.79 Å². The molecule has 18 heavy (non-hydrogen) atoms. The van der Waals surface area contributed by atoms with Crippen LogP contribution in [0.3, 0.4) is 0 Å². The van der Waals surface area contributed by atoms with Crippen LogP contribution in [0, 0.1) is 5.92 Å². The van der Waals surface area contributed by atoms with Crippen molar-refractivity contribution in [1.29, 1.82) is 0 Å². The number of rotatable bonds is 5. The molecule has 1 heterocycles. The predicted octanol–water partition coefficient (Wildman–Crippen LogP) is 1.87. The summed E-state index contributed by atoms with van der Waals surface area (Å²) in [6.07, 6.45) is 0.853. The standard InChI is InChI=1S/C13H19NO4/c1-5-8(2)13(14-9(3)15)11-6-10(17-4)7-12(16)18-11/h6-8,13H,5H2,1-4H3,(H,14,15)/t8-,13+/m0/s1. The first kappa shape index (κ1) is 14.3. The Balaban J connectivity index is 3.15. The van der Waals surface area contributed by atoms with Gasteiger partial charge in [-0.15, -0.1) is 0 Å². The number of hydrogen-bond acceptors (Lipinski definition) is 4. The Hall–Kier alpha value is -1.78. The maximum Gasteiger partial charge on any atom is 0.339 e. The van der Waals surface area contributed by atoms with E-state index in [1.807, 2.05) is 13.8 Å². The van der Waals surface area contributed by atoms with Crippen LogP contribution in [0.1, 0.15) is 39.0 Å². The molecule has 5 heteroatoms. The van der Waals surface area contributed by atoms with Crippen molar-refractivity contribution in [3.8, 4) is 5.75 Å². The molecular formula is C13H19NO4. The second-order valence-corrected chi connectivity index (χ2v) is 4.28. The summed E-state index contributed by atoms with van der Waals surface area (Å²) < 4.78 is 10.2. The Kier molecular flexibility index (Phi) is 4.95. The van der Waals surface area contributed by atoms with Gasteiger partial charge in [0.05, 0.1) is 19.2 Å². The Morgan fingerprint density at radius 1 is 1.50 bits per heavy atom. The van der Waals surface area contributed by atoms with Crippen LogP contribution >= 0.6 is 0 Å². The molecule has 1 aromatic heterocycles. The molecule has 0 aliphatic rings. The second kappa shape index (κ2) is 6.23. The highest BCUT2D eigenvalue weighted by atomic mass is 16.5. The number of carbonyl (C=O) groups excluding carboxylic acids is 1. The Bertz CT molecular complexity index is 466. The summed E-state index contributed by atoms with van der Waals surface area (Å²) in [6.45, 7) is 5.44. The molecule has 2 atom stereocenters. The molecule has 100 valence electrons. The van der Waals surface area contributed by atoms with Gasteiger partial charge in [0, 0.05) is 13.0 Å². The lowest BCUT2D eigenvalue weighted by Crippen LogP contribution is -2.31. The molecular weight excluding hydrogens is 234 g/mol. The minimum atomic E-state index is -0.483. The third kappa shape index (κ3) is 3.61. The molecule has 1 rings (SSSR count). The van der Waals surface area contributed by atoms with Crippen molar-refractivity contribution in [3.05, 3.63) is 28.3 Å². The van der Waals surface area contributed by atoms with E-state index in [0.29, 0.717) is 11.5 Å². The Morgan fingerprint density at radius 3 is 2.67 bits per heavy atom. The number of hydrogen-bond donors (Lipinski definition) is 1. The number of carbonyl (C=O) groups is 1. The van der Waals surface area contributed by atoms with Gasteiger partial charge in [0.2, 0.25) is 5.91 Å². The van der Waals surface area contributed by atoms with Crippen molar-refractivity contribution in [3.63, 3.8) is 0 Å². The molecule has 5 nitrogen and oxygen atoms in total. The molecule has 0 radical (unpaired) electrons. The van der Waals surface area contributed by atoms with Gasteiger partial charge in [-0.25, -0.2) is 4.79 Å². The van der Waals surface area contributed by atoms with E-state index in [-0.39, 0.29) is 17.9 Å². The summed E-state index contributed by atoms with van der Waals surface area (Å²) >= 11 is 0. The van der Waals surface area contributed by atoms with Gasteiger partial charge >= 0.3 is 5.63 Å². The topological polar surface area (TPSA) is 68.5 Å². The normalized spacial score (nSPS) is 13.8. The monoisotopic (exact) mass is 253 g/mol. The lowest BCUT2D eigenvalue weighted by molar-refractivity contribution is -0.120. The quantitative estimate of drug-likeness (QED) is 0.869. The molecule has 0 spiro atoms. The lowest BCUT2D eigenvalue weighted by atomic mass is 9.96. The number of ether oxygens (including phenoxy) is 1. The lowest BCUT2D eigenvalue weighted by Gasteiger charge is -2.22. The van der Waals surface area contributed by atoms with E-state index in [9.17, 15) is 9.59 Å². The SMILES string of the molecule is CC[C@H](C)[C@@H](NC(C)=O)c1cc(OC)cc(=O)o1. The van der Waals surface area contributed by atoms with Crippen molar-refractivity contribution in [1.82, 2.24) is 5.32 Å². The molecule has 0 saturated heterocycles. The third-order valence-electron chi connectivity index (χ3n) is 2.88. The van der Waals surface area contributed by atoms with E-state index in [1.54, 1.807) is 6.07 Å². The number of nitrogens with one attached hydrogen (secondary N) is 1. The highest BCUT2D eigenvalue weighted by molar-refractivity contribution is 5.73. The zero-order chi connectivity index (χ0) is 13.7. The fraction of sp³-hybridized carbons (Fsp3) is 0.538. The average molecular weight is 253 g/mol. The van der Waals surface area contributed by atoms with Crippen LogP contribution in [0.25, 0.3) is 0 Å².